The van der Waals surface area contributed by atoms with Crippen molar-refractivity contribution < 1.29 is 36.1 Å². The lowest BCUT2D eigenvalue weighted by molar-refractivity contribution is 0.124. The highest BCUT2D eigenvalue weighted by molar-refractivity contribution is 7.80. The molecular formula is C22H27N3O8S. The Morgan fingerprint density at radius 1 is 1.06 bits per heavy atom. The van der Waals surface area contributed by atoms with Crippen LogP contribution in [-0.4, -0.2) is 68.7 Å². The van der Waals surface area contributed by atoms with Gasteiger partial charge in [-0.25, -0.2) is 9.17 Å². The van der Waals surface area contributed by atoms with E-state index in [0.29, 0.717) is 54.5 Å². The van der Waals surface area contributed by atoms with Crippen molar-refractivity contribution >= 4 is 16.1 Å². The first-order chi connectivity index (χ1) is 16.3. The molecular weight excluding hydrogens is 466 g/mol. The number of fused-ring (bicyclic) bond motifs is 3. The number of rotatable bonds is 8. The molecule has 2 heterocycles. The Hall–Kier alpha value is -2.96. The summed E-state index contributed by atoms with van der Waals surface area (Å²) < 4.78 is 58.7. The average molecular weight is 494 g/mol. The van der Waals surface area contributed by atoms with E-state index in [4.69, 9.17) is 28.1 Å². The van der Waals surface area contributed by atoms with Gasteiger partial charge in [0.05, 0.1) is 51.4 Å². The van der Waals surface area contributed by atoms with Crippen molar-refractivity contribution in [3.63, 3.8) is 0 Å². The summed E-state index contributed by atoms with van der Waals surface area (Å²) in [4.78, 5) is 13.5. The molecule has 3 atom stereocenters. The molecule has 2 aliphatic rings. The maximum Gasteiger partial charge on any atom is 0.397 e. The number of hydrogen-bond acceptors (Lipinski definition) is 10. The van der Waals surface area contributed by atoms with Crippen molar-refractivity contribution in [3.8, 4) is 23.4 Å². The molecule has 1 fully saturated rings. The zero-order chi connectivity index (χ0) is 24.5. The minimum atomic E-state index is -4.56. The van der Waals surface area contributed by atoms with Gasteiger partial charge >= 0.3 is 16.4 Å². The van der Waals surface area contributed by atoms with Crippen LogP contribution in [0.25, 0.3) is 0 Å². The summed E-state index contributed by atoms with van der Waals surface area (Å²) >= 11 is 0. The van der Waals surface area contributed by atoms with Crippen LogP contribution in [0.1, 0.15) is 48.8 Å². The SMILES string of the molecule is CCOc1cc2c(cc1OC)C(c1cnc(OC)nc1OC)=N[C@@H]1CC[C@@H](OS(=O)(=O)O)C[C@H]21. The largest absolute Gasteiger partial charge is 0.493 e. The van der Waals surface area contributed by atoms with Crippen LogP contribution < -0.4 is 18.9 Å². The summed E-state index contributed by atoms with van der Waals surface area (Å²) in [5.74, 6) is 1.25. The molecule has 1 aliphatic heterocycles. The highest BCUT2D eigenvalue weighted by atomic mass is 32.3. The van der Waals surface area contributed by atoms with Crippen molar-refractivity contribution in [2.45, 2.75) is 44.2 Å². The van der Waals surface area contributed by atoms with Crippen LogP contribution in [-0.2, 0) is 14.6 Å². The fourth-order valence-electron chi connectivity index (χ4n) is 4.60. The molecule has 0 amide bonds. The van der Waals surface area contributed by atoms with Crippen molar-refractivity contribution in [1.29, 1.82) is 0 Å². The van der Waals surface area contributed by atoms with Gasteiger partial charge in [-0.15, -0.1) is 0 Å². The Bertz CT molecular complexity index is 1200. The third kappa shape index (κ3) is 4.79. The van der Waals surface area contributed by atoms with E-state index in [9.17, 15) is 13.0 Å². The quantitative estimate of drug-likeness (QED) is 0.546. The van der Waals surface area contributed by atoms with Crippen LogP contribution in [0.2, 0.25) is 0 Å². The van der Waals surface area contributed by atoms with Crippen molar-refractivity contribution in [2.24, 2.45) is 4.99 Å². The number of nitrogens with zero attached hydrogens (tertiary/aromatic N) is 3. The van der Waals surface area contributed by atoms with E-state index < -0.39 is 16.5 Å². The van der Waals surface area contributed by atoms with Crippen molar-refractivity contribution in [3.05, 3.63) is 35.0 Å². The van der Waals surface area contributed by atoms with Gasteiger partial charge in [0.25, 0.3) is 0 Å². The Morgan fingerprint density at radius 3 is 2.50 bits per heavy atom. The maximum atomic E-state index is 11.3. The van der Waals surface area contributed by atoms with Gasteiger partial charge in [-0.1, -0.05) is 0 Å². The highest BCUT2D eigenvalue weighted by Crippen LogP contribution is 2.46. The van der Waals surface area contributed by atoms with Gasteiger partial charge in [-0.2, -0.15) is 13.4 Å². The summed E-state index contributed by atoms with van der Waals surface area (Å²) in [5.41, 5.74) is 2.89. The second-order valence-corrected chi connectivity index (χ2v) is 8.96. The molecule has 0 bridgehead atoms. The van der Waals surface area contributed by atoms with E-state index in [1.807, 2.05) is 19.1 Å². The zero-order valence-electron chi connectivity index (χ0n) is 19.3. The Morgan fingerprint density at radius 2 is 1.85 bits per heavy atom. The minimum absolute atomic E-state index is 0.154. The second kappa shape index (κ2) is 9.72. The molecule has 0 unspecified atom stereocenters. The van der Waals surface area contributed by atoms with E-state index >= 15 is 0 Å². The molecule has 1 aliphatic carbocycles. The monoisotopic (exact) mass is 493 g/mol. The van der Waals surface area contributed by atoms with E-state index in [1.165, 1.54) is 14.2 Å². The van der Waals surface area contributed by atoms with Crippen LogP contribution in [0, 0.1) is 0 Å². The number of aromatic nitrogens is 2. The summed E-state index contributed by atoms with van der Waals surface area (Å²) in [6.07, 6.45) is 2.30. The third-order valence-corrected chi connectivity index (χ3v) is 6.49. The average Bonchev–Trinajstić information content (AvgIpc) is 2.82. The molecule has 2 aromatic rings. The summed E-state index contributed by atoms with van der Waals surface area (Å²) in [7, 11) is -0.0245. The van der Waals surface area contributed by atoms with Crippen LogP contribution in [0.15, 0.2) is 23.3 Å². The first kappa shape index (κ1) is 24.2. The lowest BCUT2D eigenvalue weighted by atomic mass is 9.74. The molecule has 1 aromatic heterocycles. The number of hydrogen-bond donors (Lipinski definition) is 1. The molecule has 1 saturated carbocycles. The van der Waals surface area contributed by atoms with Gasteiger partial charge in [-0.3, -0.25) is 9.55 Å². The van der Waals surface area contributed by atoms with E-state index in [-0.39, 0.29) is 18.0 Å². The molecule has 34 heavy (non-hydrogen) atoms. The predicted octanol–water partition coefficient (Wildman–Crippen LogP) is 2.58. The Balaban J connectivity index is 1.85. The maximum absolute atomic E-state index is 11.3. The second-order valence-electron chi connectivity index (χ2n) is 7.91. The fraction of sp³-hybridized carbons (Fsp3) is 0.500. The number of ether oxygens (including phenoxy) is 4. The summed E-state index contributed by atoms with van der Waals surface area (Å²) in [6, 6.07) is 3.75. The van der Waals surface area contributed by atoms with Crippen LogP contribution in [0.3, 0.4) is 0 Å². The van der Waals surface area contributed by atoms with Gasteiger partial charge in [0, 0.05) is 17.7 Å². The molecule has 1 aromatic carbocycles. The summed E-state index contributed by atoms with van der Waals surface area (Å²) in [5, 5.41) is 0. The fourth-order valence-corrected chi connectivity index (χ4v) is 5.12. The van der Waals surface area contributed by atoms with Gasteiger partial charge in [-0.05, 0) is 43.9 Å². The number of benzene rings is 1. The first-order valence-corrected chi connectivity index (χ1v) is 12.2. The van der Waals surface area contributed by atoms with Gasteiger partial charge in [0.15, 0.2) is 11.5 Å². The third-order valence-electron chi connectivity index (χ3n) is 5.97. The Labute approximate surface area is 198 Å². The standard InChI is InChI=1S/C22H27N3O8S/c1-5-32-19-9-13-14-8-12(33-34(26,27)28)6-7-17(14)24-20(15(13)10-18(19)29-2)16-11-23-22(31-4)25-21(16)30-3/h9-12,14,17H,5-8H2,1-4H3,(H,26,27,28)/t12-,14-,17-/m1/s1. The van der Waals surface area contributed by atoms with E-state index in [2.05, 4.69) is 9.97 Å². The smallest absolute Gasteiger partial charge is 0.397 e. The topological polar surface area (TPSA) is 139 Å². The van der Waals surface area contributed by atoms with Gasteiger partial charge in [0.2, 0.25) is 5.88 Å². The molecule has 1 N–H and O–H groups in total. The van der Waals surface area contributed by atoms with Crippen LogP contribution in [0.5, 0.6) is 23.4 Å². The summed E-state index contributed by atoms with van der Waals surface area (Å²) in [6.45, 7) is 2.32. The molecule has 0 saturated heterocycles. The molecule has 12 heteroatoms. The highest BCUT2D eigenvalue weighted by Gasteiger charge is 2.40. The molecule has 0 spiro atoms. The van der Waals surface area contributed by atoms with Crippen molar-refractivity contribution in [2.75, 3.05) is 27.9 Å². The van der Waals surface area contributed by atoms with Crippen LogP contribution in [0.4, 0.5) is 0 Å². The molecule has 184 valence electrons. The predicted molar refractivity (Wildman–Crippen MR) is 122 cm³/mol. The minimum Gasteiger partial charge on any atom is -0.493 e. The first-order valence-electron chi connectivity index (χ1n) is 10.8. The van der Waals surface area contributed by atoms with Crippen molar-refractivity contribution in [1.82, 2.24) is 9.97 Å². The molecule has 0 radical (unpaired) electrons. The normalized spacial score (nSPS) is 21.7. The lowest BCUT2D eigenvalue weighted by Gasteiger charge is -2.38. The number of methoxy groups -OCH3 is 3. The van der Waals surface area contributed by atoms with Crippen LogP contribution >= 0.6 is 0 Å². The molecule has 11 nitrogen and oxygen atoms in total. The molecule has 4 rings (SSSR count). The number of aliphatic imine (C=N–C) groups is 1. The zero-order valence-corrected chi connectivity index (χ0v) is 20.2. The van der Waals surface area contributed by atoms with E-state index in [0.717, 1.165) is 11.1 Å². The van der Waals surface area contributed by atoms with Gasteiger partial charge < -0.3 is 18.9 Å². The Kier molecular flexibility index (Phi) is 6.91. The lowest BCUT2D eigenvalue weighted by Crippen LogP contribution is -2.36. The van der Waals surface area contributed by atoms with E-state index in [1.54, 1.807) is 13.3 Å². The van der Waals surface area contributed by atoms with Gasteiger partial charge in [0.1, 0.15) is 0 Å².